The van der Waals surface area contributed by atoms with Crippen LogP contribution in [0.25, 0.3) is 0 Å². The highest BCUT2D eigenvalue weighted by Gasteiger charge is 2.38. The van der Waals surface area contributed by atoms with Crippen LogP contribution in [-0.4, -0.2) is 34.1 Å². The molecule has 1 aliphatic heterocycles. The molecular weight excluding hydrogens is 342 g/mol. The average Bonchev–Trinajstić information content (AvgIpc) is 2.61. The van der Waals surface area contributed by atoms with Gasteiger partial charge in [0.15, 0.2) is 0 Å². The second-order valence-corrected chi connectivity index (χ2v) is 7.73. The van der Waals surface area contributed by atoms with Gasteiger partial charge in [0.1, 0.15) is 5.75 Å². The van der Waals surface area contributed by atoms with E-state index in [2.05, 4.69) is 0 Å². The largest absolute Gasteiger partial charge is 0.475 e. The quantitative estimate of drug-likeness (QED) is 0.785. The zero-order valence-corrected chi connectivity index (χ0v) is 15.0. The lowest BCUT2D eigenvalue weighted by molar-refractivity contribution is -0.148. The van der Waals surface area contributed by atoms with Crippen LogP contribution in [-0.2, 0) is 19.6 Å². The van der Waals surface area contributed by atoms with Crippen molar-refractivity contribution in [2.75, 3.05) is 18.0 Å². The van der Waals surface area contributed by atoms with E-state index >= 15 is 0 Å². The minimum atomic E-state index is -3.86. The number of benzene rings is 2. The van der Waals surface area contributed by atoms with Gasteiger partial charge in [0.05, 0.1) is 24.2 Å². The molecule has 0 aromatic heterocycles. The molecule has 0 radical (unpaired) electrons. The van der Waals surface area contributed by atoms with Crippen LogP contribution in [0.2, 0.25) is 0 Å². The summed E-state index contributed by atoms with van der Waals surface area (Å²) in [5.41, 5.74) is 1.89. The standard InChI is InChI=1S/C18H19NO5S/c1-12-8-9-13(2)17(10-12)25(21,22)19-11-16(18(20)23-3)24-15-7-5-4-6-14(15)19/h4-10,16H,11H2,1-3H3. The Bertz CT molecular complexity index is 923. The maximum Gasteiger partial charge on any atom is 0.348 e. The third kappa shape index (κ3) is 3.07. The summed E-state index contributed by atoms with van der Waals surface area (Å²) in [6.07, 6.45) is -1.01. The van der Waals surface area contributed by atoms with Crippen molar-refractivity contribution in [1.82, 2.24) is 0 Å². The molecule has 25 heavy (non-hydrogen) atoms. The van der Waals surface area contributed by atoms with E-state index in [-0.39, 0.29) is 11.4 Å². The van der Waals surface area contributed by atoms with Gasteiger partial charge in [-0.1, -0.05) is 24.3 Å². The molecule has 0 bridgehead atoms. The monoisotopic (exact) mass is 361 g/mol. The molecule has 0 N–H and O–H groups in total. The van der Waals surface area contributed by atoms with Crippen molar-refractivity contribution >= 4 is 21.7 Å². The summed E-state index contributed by atoms with van der Waals surface area (Å²) in [6.45, 7) is 3.44. The van der Waals surface area contributed by atoms with E-state index < -0.39 is 22.1 Å². The molecule has 2 aromatic carbocycles. The van der Waals surface area contributed by atoms with Crippen molar-refractivity contribution in [2.24, 2.45) is 0 Å². The summed E-state index contributed by atoms with van der Waals surface area (Å²) in [5, 5.41) is 0. The molecule has 0 fully saturated rings. The minimum Gasteiger partial charge on any atom is -0.475 e. The lowest BCUT2D eigenvalue weighted by Crippen LogP contribution is -2.47. The summed E-state index contributed by atoms with van der Waals surface area (Å²) >= 11 is 0. The number of anilines is 1. The maximum absolute atomic E-state index is 13.3. The first-order valence-corrected chi connectivity index (χ1v) is 9.22. The Kier molecular flexibility index (Phi) is 4.43. The zero-order chi connectivity index (χ0) is 18.2. The molecule has 0 aliphatic carbocycles. The third-order valence-corrected chi connectivity index (χ3v) is 6.03. The summed E-state index contributed by atoms with van der Waals surface area (Å²) in [4.78, 5) is 12.2. The molecule has 7 heteroatoms. The normalized spacial score (nSPS) is 16.8. The van der Waals surface area contributed by atoms with Crippen molar-refractivity contribution in [3.63, 3.8) is 0 Å². The fourth-order valence-electron chi connectivity index (χ4n) is 2.79. The first kappa shape index (κ1) is 17.3. The van der Waals surface area contributed by atoms with Gasteiger partial charge in [-0.15, -0.1) is 0 Å². The molecule has 132 valence electrons. The van der Waals surface area contributed by atoms with Crippen LogP contribution in [0.5, 0.6) is 5.75 Å². The van der Waals surface area contributed by atoms with Gasteiger partial charge in [-0.3, -0.25) is 4.31 Å². The molecule has 0 spiro atoms. The van der Waals surface area contributed by atoms with Gasteiger partial charge >= 0.3 is 5.97 Å². The van der Waals surface area contributed by atoms with Gasteiger partial charge in [-0.2, -0.15) is 0 Å². The molecule has 1 atom stereocenters. The second-order valence-electron chi connectivity index (χ2n) is 5.90. The number of ether oxygens (including phenoxy) is 2. The van der Waals surface area contributed by atoms with Crippen LogP contribution in [0.1, 0.15) is 11.1 Å². The summed E-state index contributed by atoms with van der Waals surface area (Å²) < 4.78 is 38.2. The van der Waals surface area contributed by atoms with Gasteiger partial charge in [0.25, 0.3) is 10.0 Å². The van der Waals surface area contributed by atoms with E-state index in [1.54, 1.807) is 43.3 Å². The van der Waals surface area contributed by atoms with Gasteiger partial charge in [-0.05, 0) is 43.2 Å². The number of nitrogens with zero attached hydrogens (tertiary/aromatic N) is 1. The average molecular weight is 361 g/mol. The van der Waals surface area contributed by atoms with Gasteiger partial charge < -0.3 is 9.47 Å². The van der Waals surface area contributed by atoms with Crippen LogP contribution < -0.4 is 9.04 Å². The minimum absolute atomic E-state index is 0.139. The topological polar surface area (TPSA) is 72.9 Å². The van der Waals surface area contributed by atoms with Gasteiger partial charge in [0, 0.05) is 0 Å². The molecule has 3 rings (SSSR count). The maximum atomic E-state index is 13.3. The van der Waals surface area contributed by atoms with E-state index in [0.717, 1.165) is 5.56 Å². The Morgan fingerprint density at radius 3 is 2.64 bits per heavy atom. The Morgan fingerprint density at radius 2 is 1.92 bits per heavy atom. The number of aryl methyl sites for hydroxylation is 2. The number of esters is 1. The highest BCUT2D eigenvalue weighted by Crippen LogP contribution is 2.37. The number of para-hydroxylation sites is 2. The zero-order valence-electron chi connectivity index (χ0n) is 14.2. The summed E-state index contributed by atoms with van der Waals surface area (Å²) in [7, 11) is -2.61. The smallest absolute Gasteiger partial charge is 0.348 e. The number of rotatable bonds is 3. The molecule has 1 heterocycles. The van der Waals surface area contributed by atoms with Crippen LogP contribution in [0.3, 0.4) is 0 Å². The molecule has 1 unspecified atom stereocenters. The van der Waals surface area contributed by atoms with E-state index in [4.69, 9.17) is 9.47 Å². The highest BCUT2D eigenvalue weighted by molar-refractivity contribution is 7.92. The van der Waals surface area contributed by atoms with Crippen LogP contribution >= 0.6 is 0 Å². The summed E-state index contributed by atoms with van der Waals surface area (Å²) in [5.74, 6) is -0.284. The molecule has 1 aliphatic rings. The van der Waals surface area contributed by atoms with E-state index in [1.165, 1.54) is 11.4 Å². The number of carbonyl (C=O) groups excluding carboxylic acids is 1. The Labute approximate surface area is 147 Å². The molecule has 0 amide bonds. The van der Waals surface area contributed by atoms with Crippen molar-refractivity contribution in [2.45, 2.75) is 24.8 Å². The highest BCUT2D eigenvalue weighted by atomic mass is 32.2. The SMILES string of the molecule is COC(=O)C1CN(S(=O)(=O)c2cc(C)ccc2C)c2ccccc2O1. The van der Waals surface area contributed by atoms with E-state index in [1.807, 2.05) is 13.0 Å². The number of hydrogen-bond acceptors (Lipinski definition) is 5. The molecule has 2 aromatic rings. The number of methoxy groups -OCH3 is 1. The fraction of sp³-hybridized carbons (Fsp3) is 0.278. The molecule has 6 nitrogen and oxygen atoms in total. The first-order valence-electron chi connectivity index (χ1n) is 7.78. The number of sulfonamides is 1. The third-order valence-electron chi connectivity index (χ3n) is 4.11. The Morgan fingerprint density at radius 1 is 1.20 bits per heavy atom. The lowest BCUT2D eigenvalue weighted by Gasteiger charge is -2.34. The number of hydrogen-bond donors (Lipinski definition) is 0. The molecule has 0 saturated heterocycles. The number of fused-ring (bicyclic) bond motifs is 1. The van der Waals surface area contributed by atoms with Crippen LogP contribution in [0.15, 0.2) is 47.4 Å². The second kappa shape index (κ2) is 6.40. The van der Waals surface area contributed by atoms with Crippen LogP contribution in [0, 0.1) is 13.8 Å². The first-order chi connectivity index (χ1) is 11.8. The van der Waals surface area contributed by atoms with Gasteiger partial charge in [-0.25, -0.2) is 13.2 Å². The predicted octanol–water partition coefficient (Wildman–Crippen LogP) is 2.43. The van der Waals surface area contributed by atoms with Crippen LogP contribution in [0.4, 0.5) is 5.69 Å². The van der Waals surface area contributed by atoms with Gasteiger partial charge in [0.2, 0.25) is 6.10 Å². The Hall–Kier alpha value is -2.54. The fourth-order valence-corrected chi connectivity index (χ4v) is 4.58. The van der Waals surface area contributed by atoms with Crippen molar-refractivity contribution in [1.29, 1.82) is 0 Å². The predicted molar refractivity (Wildman–Crippen MR) is 93.3 cm³/mol. The Balaban J connectivity index is 2.13. The van der Waals surface area contributed by atoms with Crippen molar-refractivity contribution < 1.29 is 22.7 Å². The lowest BCUT2D eigenvalue weighted by atomic mass is 10.2. The van der Waals surface area contributed by atoms with Crippen molar-refractivity contribution in [3.8, 4) is 5.75 Å². The molecular formula is C18H19NO5S. The van der Waals surface area contributed by atoms with E-state index in [0.29, 0.717) is 17.0 Å². The summed E-state index contributed by atoms with van der Waals surface area (Å²) in [6, 6.07) is 12.0. The van der Waals surface area contributed by atoms with Crippen molar-refractivity contribution in [3.05, 3.63) is 53.6 Å². The number of carbonyl (C=O) groups is 1. The molecule has 0 saturated carbocycles. The van der Waals surface area contributed by atoms with E-state index in [9.17, 15) is 13.2 Å².